The summed E-state index contributed by atoms with van der Waals surface area (Å²) in [5.74, 6) is 1.02. The monoisotopic (exact) mass is 428 g/mol. The standard InChI is InChI=1S/C24H36N4O3/c1-3-31-23(30)20-12-14-28(15-13-20)24(25-2)26-17-18-8-7-11-21(16-18)27-22(29)19-9-5-4-6-10-19/h7-8,11,16,19-20H,3-6,9-10,12-15,17H2,1-2H3,(H,25,26)(H,27,29). The number of rotatable bonds is 6. The predicted octanol–water partition coefficient (Wildman–Crippen LogP) is 3.56. The SMILES string of the molecule is CCOC(=O)C1CCN(C(=NC)NCc2cccc(NC(=O)C3CCCCC3)c2)CC1. The zero-order valence-corrected chi connectivity index (χ0v) is 18.9. The molecule has 7 heteroatoms. The molecule has 0 atom stereocenters. The van der Waals surface area contributed by atoms with Crippen LogP contribution in [0.1, 0.15) is 57.4 Å². The average molecular weight is 429 g/mol. The van der Waals surface area contributed by atoms with E-state index in [0.717, 1.165) is 68.8 Å². The van der Waals surface area contributed by atoms with Crippen LogP contribution in [0, 0.1) is 11.8 Å². The number of nitrogens with zero attached hydrogens (tertiary/aromatic N) is 2. The van der Waals surface area contributed by atoms with E-state index in [2.05, 4.69) is 20.5 Å². The van der Waals surface area contributed by atoms with Gasteiger partial charge in [0.15, 0.2) is 5.96 Å². The minimum absolute atomic E-state index is 0.0150. The van der Waals surface area contributed by atoms with Gasteiger partial charge >= 0.3 is 5.97 Å². The van der Waals surface area contributed by atoms with Crippen molar-refractivity contribution in [2.75, 3.05) is 32.1 Å². The molecule has 2 aliphatic rings. The molecule has 7 nitrogen and oxygen atoms in total. The lowest BCUT2D eigenvalue weighted by Gasteiger charge is -2.33. The van der Waals surface area contributed by atoms with E-state index in [-0.39, 0.29) is 23.7 Å². The Morgan fingerprint density at radius 2 is 1.84 bits per heavy atom. The molecule has 0 unspecified atom stereocenters. The second-order valence-corrected chi connectivity index (χ2v) is 8.44. The molecule has 1 aromatic carbocycles. The van der Waals surface area contributed by atoms with Gasteiger partial charge in [0.05, 0.1) is 12.5 Å². The van der Waals surface area contributed by atoms with Crippen molar-refractivity contribution in [2.24, 2.45) is 16.8 Å². The molecule has 2 fully saturated rings. The molecule has 1 heterocycles. The molecule has 0 spiro atoms. The van der Waals surface area contributed by atoms with Crippen LogP contribution in [0.3, 0.4) is 0 Å². The molecule has 3 rings (SSSR count). The Kier molecular flexibility index (Phi) is 8.74. The third-order valence-corrected chi connectivity index (χ3v) is 6.25. The van der Waals surface area contributed by atoms with Crippen LogP contribution in [0.4, 0.5) is 5.69 Å². The van der Waals surface area contributed by atoms with Gasteiger partial charge in [0, 0.05) is 38.3 Å². The minimum atomic E-state index is -0.0859. The highest BCUT2D eigenvalue weighted by Gasteiger charge is 2.27. The molecule has 1 saturated carbocycles. The molecule has 1 amide bonds. The van der Waals surface area contributed by atoms with E-state index in [1.54, 1.807) is 7.05 Å². The maximum absolute atomic E-state index is 12.5. The van der Waals surface area contributed by atoms with Crippen LogP contribution >= 0.6 is 0 Å². The maximum Gasteiger partial charge on any atom is 0.309 e. The fourth-order valence-electron chi connectivity index (χ4n) is 4.47. The number of ether oxygens (including phenoxy) is 1. The summed E-state index contributed by atoms with van der Waals surface area (Å²) in [6, 6.07) is 7.98. The summed E-state index contributed by atoms with van der Waals surface area (Å²) in [7, 11) is 1.78. The zero-order valence-electron chi connectivity index (χ0n) is 18.9. The Hall–Kier alpha value is -2.57. The average Bonchev–Trinajstić information content (AvgIpc) is 2.81. The van der Waals surface area contributed by atoms with Crippen LogP contribution in [0.5, 0.6) is 0 Å². The number of aliphatic imine (C=N–C) groups is 1. The van der Waals surface area contributed by atoms with E-state index in [1.807, 2.05) is 31.2 Å². The second-order valence-electron chi connectivity index (χ2n) is 8.44. The molecule has 31 heavy (non-hydrogen) atoms. The number of hydrogen-bond acceptors (Lipinski definition) is 4. The van der Waals surface area contributed by atoms with Gasteiger partial charge in [-0.2, -0.15) is 0 Å². The first-order valence-electron chi connectivity index (χ1n) is 11.6. The Morgan fingerprint density at radius 1 is 1.10 bits per heavy atom. The lowest BCUT2D eigenvalue weighted by atomic mass is 9.88. The molecule has 1 aromatic rings. The van der Waals surface area contributed by atoms with Crippen molar-refractivity contribution >= 4 is 23.5 Å². The molecule has 0 aromatic heterocycles. The van der Waals surface area contributed by atoms with E-state index in [9.17, 15) is 9.59 Å². The van der Waals surface area contributed by atoms with E-state index in [1.165, 1.54) is 6.42 Å². The number of likely N-dealkylation sites (tertiary alicyclic amines) is 1. The van der Waals surface area contributed by atoms with Crippen molar-refractivity contribution in [3.63, 3.8) is 0 Å². The number of guanidine groups is 1. The number of benzene rings is 1. The Labute approximate surface area is 185 Å². The van der Waals surface area contributed by atoms with E-state index < -0.39 is 0 Å². The summed E-state index contributed by atoms with van der Waals surface area (Å²) in [5, 5.41) is 6.51. The van der Waals surface area contributed by atoms with Crippen molar-refractivity contribution in [2.45, 2.75) is 58.4 Å². The number of piperidine rings is 1. The van der Waals surface area contributed by atoms with Crippen LogP contribution in [0.25, 0.3) is 0 Å². The van der Waals surface area contributed by atoms with Gasteiger partial charge < -0.3 is 20.3 Å². The minimum Gasteiger partial charge on any atom is -0.466 e. The van der Waals surface area contributed by atoms with Gasteiger partial charge in [0.2, 0.25) is 5.91 Å². The molecule has 0 bridgehead atoms. The quantitative estimate of drug-likeness (QED) is 0.411. The zero-order chi connectivity index (χ0) is 22.1. The fourth-order valence-corrected chi connectivity index (χ4v) is 4.47. The summed E-state index contributed by atoms with van der Waals surface area (Å²) in [4.78, 5) is 31.1. The number of carbonyl (C=O) groups is 2. The van der Waals surface area contributed by atoms with Gasteiger partial charge in [-0.05, 0) is 50.3 Å². The van der Waals surface area contributed by atoms with Gasteiger partial charge in [-0.25, -0.2) is 0 Å². The Morgan fingerprint density at radius 3 is 2.52 bits per heavy atom. The van der Waals surface area contributed by atoms with Crippen LogP contribution < -0.4 is 10.6 Å². The van der Waals surface area contributed by atoms with Crippen molar-refractivity contribution < 1.29 is 14.3 Å². The highest BCUT2D eigenvalue weighted by molar-refractivity contribution is 5.92. The number of esters is 1. The normalized spacial score (nSPS) is 18.5. The van der Waals surface area contributed by atoms with Crippen molar-refractivity contribution in [3.05, 3.63) is 29.8 Å². The van der Waals surface area contributed by atoms with Gasteiger partial charge in [-0.15, -0.1) is 0 Å². The molecular formula is C24H36N4O3. The van der Waals surface area contributed by atoms with Gasteiger partial charge in [0.25, 0.3) is 0 Å². The summed E-state index contributed by atoms with van der Waals surface area (Å²) in [5.41, 5.74) is 1.93. The maximum atomic E-state index is 12.5. The van der Waals surface area contributed by atoms with Gasteiger partial charge in [-0.3, -0.25) is 14.6 Å². The lowest BCUT2D eigenvalue weighted by Crippen LogP contribution is -2.46. The second kappa shape index (κ2) is 11.7. The summed E-state index contributed by atoms with van der Waals surface area (Å²) in [6.07, 6.45) is 7.10. The third-order valence-electron chi connectivity index (χ3n) is 6.25. The summed E-state index contributed by atoms with van der Waals surface area (Å²) >= 11 is 0. The summed E-state index contributed by atoms with van der Waals surface area (Å²) < 4.78 is 5.15. The lowest BCUT2D eigenvalue weighted by molar-refractivity contribution is -0.149. The van der Waals surface area contributed by atoms with E-state index in [0.29, 0.717) is 13.2 Å². The van der Waals surface area contributed by atoms with E-state index in [4.69, 9.17) is 4.74 Å². The van der Waals surface area contributed by atoms with Crippen LogP contribution in [-0.2, 0) is 20.9 Å². The first-order chi connectivity index (χ1) is 15.1. The van der Waals surface area contributed by atoms with Crippen molar-refractivity contribution in [1.82, 2.24) is 10.2 Å². The molecule has 170 valence electrons. The molecule has 1 saturated heterocycles. The van der Waals surface area contributed by atoms with Crippen LogP contribution in [-0.4, -0.2) is 49.5 Å². The number of anilines is 1. The van der Waals surface area contributed by atoms with Crippen LogP contribution in [0.15, 0.2) is 29.3 Å². The Balaban J connectivity index is 1.49. The number of carbonyl (C=O) groups excluding carboxylic acids is 2. The molecule has 2 N–H and O–H groups in total. The van der Waals surface area contributed by atoms with Gasteiger partial charge in [-0.1, -0.05) is 31.4 Å². The fraction of sp³-hybridized carbons (Fsp3) is 0.625. The topological polar surface area (TPSA) is 83.0 Å². The van der Waals surface area contributed by atoms with Crippen molar-refractivity contribution in [1.29, 1.82) is 0 Å². The summed E-state index contributed by atoms with van der Waals surface area (Å²) in [6.45, 7) is 4.45. The van der Waals surface area contributed by atoms with E-state index >= 15 is 0 Å². The largest absolute Gasteiger partial charge is 0.466 e. The van der Waals surface area contributed by atoms with Gasteiger partial charge in [0.1, 0.15) is 0 Å². The number of nitrogens with one attached hydrogen (secondary N) is 2. The Bertz CT molecular complexity index is 766. The number of hydrogen-bond donors (Lipinski definition) is 2. The molecular weight excluding hydrogens is 392 g/mol. The molecule has 1 aliphatic heterocycles. The predicted molar refractivity (Wildman–Crippen MR) is 123 cm³/mol. The van der Waals surface area contributed by atoms with Crippen LogP contribution in [0.2, 0.25) is 0 Å². The smallest absolute Gasteiger partial charge is 0.309 e. The highest BCUT2D eigenvalue weighted by atomic mass is 16.5. The molecule has 1 aliphatic carbocycles. The third kappa shape index (κ3) is 6.71. The first-order valence-corrected chi connectivity index (χ1v) is 11.6. The molecule has 0 radical (unpaired) electrons. The number of amides is 1. The first kappa shape index (κ1) is 23.1. The van der Waals surface area contributed by atoms with Crippen molar-refractivity contribution in [3.8, 4) is 0 Å². The highest BCUT2D eigenvalue weighted by Crippen LogP contribution is 2.25.